The lowest BCUT2D eigenvalue weighted by atomic mass is 10.1. The number of allylic oxidation sites excluding steroid dienone is 2. The molecule has 0 saturated carbocycles. The maximum Gasteiger partial charge on any atom is 0.338 e. The smallest absolute Gasteiger partial charge is 0.296 e. The maximum absolute atomic E-state index is 12.6. The zero-order valence-electron chi connectivity index (χ0n) is 12.7. The topological polar surface area (TPSA) is 61.1 Å². The second-order valence-electron chi connectivity index (χ2n) is 5.05. The predicted octanol–water partition coefficient (Wildman–Crippen LogP) is 2.39. The highest BCUT2D eigenvalue weighted by Crippen LogP contribution is 2.14. The molecular weight excluding hydrogens is 292 g/mol. The average molecular weight is 310 g/mol. The molecule has 118 valence electrons. The largest absolute Gasteiger partial charge is 0.338 e. The molecule has 5 heteroatoms. The molecule has 0 aliphatic carbocycles. The van der Waals surface area contributed by atoms with Crippen molar-refractivity contribution in [3.05, 3.63) is 94.3 Å². The van der Waals surface area contributed by atoms with Crippen LogP contribution in [0.1, 0.15) is 29.2 Å². The molecule has 23 heavy (non-hydrogen) atoms. The molecule has 0 aliphatic heterocycles. The van der Waals surface area contributed by atoms with E-state index in [1.165, 1.54) is 16.8 Å². The van der Waals surface area contributed by atoms with Gasteiger partial charge in [0.1, 0.15) is 0 Å². The normalized spacial score (nSPS) is 10.5. The molecule has 0 saturated heterocycles. The summed E-state index contributed by atoms with van der Waals surface area (Å²) in [5, 5.41) is 0. The van der Waals surface area contributed by atoms with E-state index in [2.05, 4.69) is 13.2 Å². The van der Waals surface area contributed by atoms with Gasteiger partial charge in [0.05, 0.1) is 0 Å². The second kappa shape index (κ2) is 7.35. The minimum atomic E-state index is -0.653. The maximum atomic E-state index is 12.6. The molecule has 5 nitrogen and oxygen atoms in total. The molecule has 2 rings (SSSR count). The quantitative estimate of drug-likeness (QED) is 0.770. The molecule has 1 heterocycles. The van der Waals surface area contributed by atoms with Gasteiger partial charge in [-0.15, -0.1) is 13.2 Å². The van der Waals surface area contributed by atoms with Gasteiger partial charge in [-0.2, -0.15) is 4.57 Å². The Morgan fingerprint density at radius 3 is 2.22 bits per heavy atom. The van der Waals surface area contributed by atoms with Gasteiger partial charge in [-0.25, -0.2) is 4.79 Å². The van der Waals surface area contributed by atoms with E-state index in [4.69, 9.17) is 0 Å². The van der Waals surface area contributed by atoms with Crippen molar-refractivity contribution in [1.29, 1.82) is 0 Å². The van der Waals surface area contributed by atoms with E-state index < -0.39 is 17.2 Å². The molecule has 1 aromatic carbocycles. The average Bonchev–Trinajstić information content (AvgIpc) is 2.55. The zero-order valence-corrected chi connectivity index (χ0v) is 12.7. The molecule has 0 radical (unpaired) electrons. The van der Waals surface area contributed by atoms with Crippen molar-refractivity contribution >= 4 is 5.91 Å². The van der Waals surface area contributed by atoms with Crippen LogP contribution in [0.2, 0.25) is 0 Å². The number of hydrogen-bond acceptors (Lipinski definition) is 3. The number of rotatable bonds is 6. The van der Waals surface area contributed by atoms with Gasteiger partial charge < -0.3 is 0 Å². The van der Waals surface area contributed by atoms with E-state index in [9.17, 15) is 14.4 Å². The van der Waals surface area contributed by atoms with E-state index in [0.29, 0.717) is 17.4 Å². The van der Waals surface area contributed by atoms with E-state index >= 15 is 0 Å². The van der Waals surface area contributed by atoms with Crippen LogP contribution < -0.4 is 11.2 Å². The molecule has 0 spiro atoms. The molecule has 2 aromatic rings. The van der Waals surface area contributed by atoms with E-state index in [1.807, 2.05) is 0 Å². The second-order valence-corrected chi connectivity index (χ2v) is 5.05. The summed E-state index contributed by atoms with van der Waals surface area (Å²) in [4.78, 5) is 37.2. The third-order valence-electron chi connectivity index (χ3n) is 3.50. The molecule has 0 N–H and O–H groups in total. The molecular formula is C18H18N2O3. The van der Waals surface area contributed by atoms with Gasteiger partial charge in [0.2, 0.25) is 0 Å². The summed E-state index contributed by atoms with van der Waals surface area (Å²) in [5.41, 5.74) is -1.01. The number of nitrogens with zero attached hydrogens (tertiary/aromatic N) is 2. The summed E-state index contributed by atoms with van der Waals surface area (Å²) in [5.74, 6) is -0.633. The van der Waals surface area contributed by atoms with Gasteiger partial charge in [0, 0.05) is 23.9 Å². The van der Waals surface area contributed by atoms with Crippen LogP contribution in [0, 0.1) is 0 Å². The van der Waals surface area contributed by atoms with Crippen LogP contribution in [0.25, 0.3) is 0 Å². The highest BCUT2D eigenvalue weighted by molar-refractivity contribution is 5.95. The van der Waals surface area contributed by atoms with Gasteiger partial charge in [-0.3, -0.25) is 14.2 Å². The highest BCUT2D eigenvalue weighted by Gasteiger charge is 2.18. The molecule has 1 aromatic heterocycles. The summed E-state index contributed by atoms with van der Waals surface area (Å²) in [7, 11) is 0. The third kappa shape index (κ3) is 3.45. The standard InChI is InChI=1S/C18H18N2O3/c1-3-8-15(9-4-2)19-13-12-16(21)20(18(19)23)17(22)14-10-6-5-7-11-14/h3-7,10-13,15H,1-2,8-9H2. The molecule has 0 amide bonds. The molecule has 0 atom stereocenters. The van der Waals surface area contributed by atoms with Crippen molar-refractivity contribution in [1.82, 2.24) is 9.13 Å². The lowest BCUT2D eigenvalue weighted by Crippen LogP contribution is -2.44. The van der Waals surface area contributed by atoms with Crippen LogP contribution in [0.5, 0.6) is 0 Å². The first-order valence-corrected chi connectivity index (χ1v) is 7.26. The molecule has 0 unspecified atom stereocenters. The van der Waals surface area contributed by atoms with Crippen LogP contribution in [0.15, 0.2) is 77.5 Å². The first-order chi connectivity index (χ1) is 11.1. The summed E-state index contributed by atoms with van der Waals surface area (Å²) in [6.45, 7) is 7.35. The van der Waals surface area contributed by atoms with Crippen molar-refractivity contribution in [2.24, 2.45) is 0 Å². The monoisotopic (exact) mass is 310 g/mol. The van der Waals surface area contributed by atoms with Gasteiger partial charge in [-0.05, 0) is 25.0 Å². The van der Waals surface area contributed by atoms with Crippen molar-refractivity contribution in [2.75, 3.05) is 0 Å². The van der Waals surface area contributed by atoms with E-state index in [0.717, 1.165) is 0 Å². The third-order valence-corrected chi connectivity index (χ3v) is 3.50. The fourth-order valence-electron chi connectivity index (χ4n) is 2.37. The molecule has 0 bridgehead atoms. The summed E-state index contributed by atoms with van der Waals surface area (Å²) < 4.78 is 2.04. The van der Waals surface area contributed by atoms with Crippen molar-refractivity contribution in [3.63, 3.8) is 0 Å². The first kappa shape index (κ1) is 16.4. The number of carbonyl (C=O) groups is 1. The Morgan fingerprint density at radius 2 is 1.65 bits per heavy atom. The van der Waals surface area contributed by atoms with Gasteiger partial charge in [0.25, 0.3) is 11.5 Å². The Morgan fingerprint density at radius 1 is 1.04 bits per heavy atom. The summed E-state index contributed by atoms with van der Waals surface area (Å²) in [6.07, 6.45) is 5.86. The SMILES string of the molecule is C=CCC(CC=C)n1ccc(=O)n(C(=O)c2ccccc2)c1=O. The number of aromatic nitrogens is 2. The van der Waals surface area contributed by atoms with E-state index in [-0.39, 0.29) is 11.6 Å². The lowest BCUT2D eigenvalue weighted by molar-refractivity contribution is 0.0947. The van der Waals surface area contributed by atoms with Crippen LogP contribution in [0.3, 0.4) is 0 Å². The highest BCUT2D eigenvalue weighted by atomic mass is 16.2. The summed E-state index contributed by atoms with van der Waals surface area (Å²) in [6, 6.07) is 9.24. The minimum Gasteiger partial charge on any atom is -0.296 e. The Labute approximate surface area is 133 Å². The lowest BCUT2D eigenvalue weighted by Gasteiger charge is -2.17. The van der Waals surface area contributed by atoms with Crippen molar-refractivity contribution in [3.8, 4) is 0 Å². The van der Waals surface area contributed by atoms with Gasteiger partial charge in [0.15, 0.2) is 0 Å². The minimum absolute atomic E-state index is 0.229. The fraction of sp³-hybridized carbons (Fsp3) is 0.167. The number of hydrogen-bond donors (Lipinski definition) is 0. The van der Waals surface area contributed by atoms with Crippen LogP contribution in [-0.4, -0.2) is 15.0 Å². The Hall–Kier alpha value is -2.95. The molecule has 0 fully saturated rings. The Bertz CT molecular complexity index is 821. The van der Waals surface area contributed by atoms with Crippen molar-refractivity contribution < 1.29 is 4.79 Å². The van der Waals surface area contributed by atoms with Crippen molar-refractivity contribution in [2.45, 2.75) is 18.9 Å². The van der Waals surface area contributed by atoms with Crippen LogP contribution >= 0.6 is 0 Å². The van der Waals surface area contributed by atoms with E-state index in [1.54, 1.807) is 42.5 Å². The van der Waals surface area contributed by atoms with Gasteiger partial charge >= 0.3 is 5.69 Å². The van der Waals surface area contributed by atoms with Crippen LogP contribution in [0.4, 0.5) is 0 Å². The number of carbonyl (C=O) groups excluding carboxylic acids is 1. The molecule has 0 aliphatic rings. The first-order valence-electron chi connectivity index (χ1n) is 7.26. The Balaban J connectivity index is 2.57. The predicted molar refractivity (Wildman–Crippen MR) is 89.8 cm³/mol. The Kier molecular flexibility index (Phi) is 5.25. The fourth-order valence-corrected chi connectivity index (χ4v) is 2.37. The number of benzene rings is 1. The summed E-state index contributed by atoms with van der Waals surface area (Å²) >= 11 is 0. The van der Waals surface area contributed by atoms with Gasteiger partial charge in [-0.1, -0.05) is 30.4 Å². The van der Waals surface area contributed by atoms with Crippen LogP contribution in [-0.2, 0) is 0 Å². The zero-order chi connectivity index (χ0) is 16.8.